The average molecular weight is 388 g/mol. The highest BCUT2D eigenvalue weighted by Gasteiger charge is 2.19. The van der Waals surface area contributed by atoms with Crippen molar-refractivity contribution in [3.05, 3.63) is 67.5 Å². The van der Waals surface area contributed by atoms with Crippen LogP contribution in [0.4, 0.5) is 0 Å². The van der Waals surface area contributed by atoms with Gasteiger partial charge in [0.25, 0.3) is 5.56 Å². The first-order valence-electron chi connectivity index (χ1n) is 7.79. The second-order valence-corrected chi connectivity index (χ2v) is 7.05. The molecule has 0 bridgehead atoms. The lowest BCUT2D eigenvalue weighted by molar-refractivity contribution is 0.701. The van der Waals surface area contributed by atoms with Crippen molar-refractivity contribution in [1.29, 1.82) is 0 Å². The molecule has 3 aromatic heterocycles. The fraction of sp³-hybridized carbons (Fsp3) is 0.176. The van der Waals surface area contributed by atoms with Crippen LogP contribution < -0.4 is 11.2 Å². The normalized spacial score (nSPS) is 11.3. The van der Waals surface area contributed by atoms with Crippen molar-refractivity contribution in [2.24, 2.45) is 14.1 Å². The molecule has 0 unspecified atom stereocenters. The smallest absolute Gasteiger partial charge is 0.303 e. The van der Waals surface area contributed by atoms with Crippen LogP contribution in [0.5, 0.6) is 0 Å². The molecule has 0 spiro atoms. The van der Waals surface area contributed by atoms with Crippen molar-refractivity contribution >= 4 is 34.1 Å². The monoisotopic (exact) mass is 387 g/mol. The number of rotatable bonds is 3. The van der Waals surface area contributed by atoms with Gasteiger partial charge in [0.05, 0.1) is 12.2 Å². The molecule has 0 aliphatic carbocycles. The summed E-state index contributed by atoms with van der Waals surface area (Å²) in [6, 6.07) is 9.86. The van der Waals surface area contributed by atoms with Crippen LogP contribution in [0.3, 0.4) is 0 Å². The summed E-state index contributed by atoms with van der Waals surface area (Å²) in [5.41, 5.74) is 1.48. The number of benzene rings is 1. The van der Waals surface area contributed by atoms with E-state index >= 15 is 0 Å². The Bertz CT molecular complexity index is 1240. The minimum absolute atomic E-state index is 0.146. The summed E-state index contributed by atoms with van der Waals surface area (Å²) < 4.78 is 3.95. The summed E-state index contributed by atoms with van der Waals surface area (Å²) >= 11 is 7.78. The first kappa shape index (κ1) is 16.7. The number of nitrogens with zero attached hydrogens (tertiary/aromatic N) is 5. The topological polar surface area (TPSA) is 74.7 Å². The standard InChI is InChI=1S/C17H14ClN5O2S/c1-21-13-12(15(24)22(2)17(21)25)23(16(18)20-13)8-11-9-26-14(19-11)10-6-4-3-5-7-10/h3-7,9H,8H2,1-2H3. The van der Waals surface area contributed by atoms with Gasteiger partial charge in [-0.05, 0) is 11.6 Å². The van der Waals surface area contributed by atoms with Crippen LogP contribution in [0.15, 0.2) is 45.3 Å². The Labute approximate surface area is 156 Å². The van der Waals surface area contributed by atoms with Gasteiger partial charge in [-0.1, -0.05) is 30.3 Å². The quantitative estimate of drug-likeness (QED) is 0.505. The van der Waals surface area contributed by atoms with Crippen molar-refractivity contribution < 1.29 is 0 Å². The summed E-state index contributed by atoms with van der Waals surface area (Å²) in [6.45, 7) is 0.298. The molecule has 7 nitrogen and oxygen atoms in total. The number of hydrogen-bond acceptors (Lipinski definition) is 5. The number of halogens is 1. The Morgan fingerprint density at radius 1 is 1.08 bits per heavy atom. The van der Waals surface area contributed by atoms with Gasteiger partial charge in [0, 0.05) is 25.0 Å². The van der Waals surface area contributed by atoms with E-state index in [2.05, 4.69) is 9.97 Å². The molecular formula is C17H14ClN5O2S. The molecule has 26 heavy (non-hydrogen) atoms. The van der Waals surface area contributed by atoms with E-state index in [-0.39, 0.29) is 16.4 Å². The molecular weight excluding hydrogens is 374 g/mol. The maximum atomic E-state index is 12.6. The van der Waals surface area contributed by atoms with Gasteiger partial charge < -0.3 is 4.57 Å². The molecule has 0 saturated heterocycles. The van der Waals surface area contributed by atoms with Crippen molar-refractivity contribution in [2.45, 2.75) is 6.54 Å². The molecule has 9 heteroatoms. The summed E-state index contributed by atoms with van der Waals surface area (Å²) in [4.78, 5) is 33.4. The highest BCUT2D eigenvalue weighted by atomic mass is 35.5. The Morgan fingerprint density at radius 3 is 2.54 bits per heavy atom. The third-order valence-electron chi connectivity index (χ3n) is 4.19. The van der Waals surface area contributed by atoms with E-state index in [4.69, 9.17) is 11.6 Å². The number of aromatic nitrogens is 5. The van der Waals surface area contributed by atoms with Crippen molar-refractivity contribution in [3.63, 3.8) is 0 Å². The van der Waals surface area contributed by atoms with Gasteiger partial charge in [0.15, 0.2) is 11.2 Å². The zero-order valence-corrected chi connectivity index (χ0v) is 15.6. The Morgan fingerprint density at radius 2 is 1.81 bits per heavy atom. The predicted molar refractivity (Wildman–Crippen MR) is 102 cm³/mol. The highest BCUT2D eigenvalue weighted by molar-refractivity contribution is 7.13. The number of imidazole rings is 1. The third-order valence-corrected chi connectivity index (χ3v) is 5.42. The summed E-state index contributed by atoms with van der Waals surface area (Å²) in [6.07, 6.45) is 0. The van der Waals surface area contributed by atoms with Gasteiger partial charge >= 0.3 is 5.69 Å². The third kappa shape index (κ3) is 2.58. The number of thiazole rings is 1. The zero-order valence-electron chi connectivity index (χ0n) is 14.0. The molecule has 0 fully saturated rings. The SMILES string of the molecule is Cn1c(=O)c2c(nc(Cl)n2Cc2csc(-c3ccccc3)n2)n(C)c1=O. The lowest BCUT2D eigenvalue weighted by Crippen LogP contribution is -2.37. The molecule has 4 aromatic rings. The molecule has 3 heterocycles. The van der Waals surface area contributed by atoms with Crippen LogP contribution in [0.2, 0.25) is 5.28 Å². The lowest BCUT2D eigenvalue weighted by Gasteiger charge is -2.06. The molecule has 0 atom stereocenters. The largest absolute Gasteiger partial charge is 0.332 e. The van der Waals surface area contributed by atoms with Gasteiger partial charge in [-0.3, -0.25) is 13.9 Å². The fourth-order valence-corrected chi connectivity index (χ4v) is 3.86. The van der Waals surface area contributed by atoms with Crippen LogP contribution in [-0.4, -0.2) is 23.7 Å². The van der Waals surface area contributed by atoms with Gasteiger partial charge in [-0.15, -0.1) is 11.3 Å². The molecule has 0 saturated carbocycles. The molecule has 4 rings (SSSR count). The summed E-state index contributed by atoms with van der Waals surface area (Å²) in [5, 5.41) is 2.96. The van der Waals surface area contributed by atoms with Crippen LogP contribution in [-0.2, 0) is 20.6 Å². The van der Waals surface area contributed by atoms with E-state index in [1.165, 1.54) is 23.0 Å². The minimum Gasteiger partial charge on any atom is -0.303 e. The Kier molecular flexibility index (Phi) is 4.01. The van der Waals surface area contributed by atoms with E-state index in [0.717, 1.165) is 20.8 Å². The van der Waals surface area contributed by atoms with Gasteiger partial charge in [0.1, 0.15) is 5.01 Å². The average Bonchev–Trinajstić information content (AvgIpc) is 3.25. The van der Waals surface area contributed by atoms with Crippen LogP contribution in [0.25, 0.3) is 21.7 Å². The first-order chi connectivity index (χ1) is 12.5. The molecule has 0 radical (unpaired) electrons. The van der Waals surface area contributed by atoms with E-state index in [1.54, 1.807) is 11.6 Å². The van der Waals surface area contributed by atoms with E-state index in [9.17, 15) is 9.59 Å². The molecule has 0 N–H and O–H groups in total. The zero-order chi connectivity index (χ0) is 18.4. The first-order valence-corrected chi connectivity index (χ1v) is 9.04. The Balaban J connectivity index is 1.82. The maximum absolute atomic E-state index is 12.6. The summed E-state index contributed by atoms with van der Waals surface area (Å²) in [7, 11) is 3.00. The predicted octanol–water partition coefficient (Wildman–Crippen LogP) is 2.26. The van der Waals surface area contributed by atoms with Crippen molar-refractivity contribution in [2.75, 3.05) is 0 Å². The van der Waals surface area contributed by atoms with Crippen molar-refractivity contribution in [1.82, 2.24) is 23.7 Å². The molecule has 0 amide bonds. The van der Waals surface area contributed by atoms with E-state index < -0.39 is 11.2 Å². The van der Waals surface area contributed by atoms with E-state index in [0.29, 0.717) is 6.54 Å². The molecule has 1 aromatic carbocycles. The van der Waals surface area contributed by atoms with Crippen LogP contribution in [0.1, 0.15) is 5.69 Å². The highest BCUT2D eigenvalue weighted by Crippen LogP contribution is 2.25. The maximum Gasteiger partial charge on any atom is 0.332 e. The molecule has 0 aliphatic rings. The van der Waals surface area contributed by atoms with Crippen LogP contribution in [0, 0.1) is 0 Å². The van der Waals surface area contributed by atoms with E-state index in [1.807, 2.05) is 35.7 Å². The second-order valence-electron chi connectivity index (χ2n) is 5.85. The van der Waals surface area contributed by atoms with Crippen molar-refractivity contribution in [3.8, 4) is 10.6 Å². The Hall–Kier alpha value is -2.71. The number of hydrogen-bond donors (Lipinski definition) is 0. The number of aryl methyl sites for hydroxylation is 1. The lowest BCUT2D eigenvalue weighted by atomic mass is 10.2. The van der Waals surface area contributed by atoms with Gasteiger partial charge in [-0.2, -0.15) is 4.98 Å². The minimum atomic E-state index is -0.441. The number of fused-ring (bicyclic) bond motifs is 1. The fourth-order valence-electron chi connectivity index (χ4n) is 2.82. The van der Waals surface area contributed by atoms with Gasteiger partial charge in [0.2, 0.25) is 5.28 Å². The van der Waals surface area contributed by atoms with Gasteiger partial charge in [-0.25, -0.2) is 9.78 Å². The van der Waals surface area contributed by atoms with Crippen LogP contribution >= 0.6 is 22.9 Å². The second kappa shape index (κ2) is 6.22. The molecule has 132 valence electrons. The molecule has 0 aliphatic heterocycles. The summed E-state index contributed by atoms with van der Waals surface area (Å²) in [5.74, 6) is 0.